The van der Waals surface area contributed by atoms with Gasteiger partial charge in [-0.05, 0) is 42.4 Å². The van der Waals surface area contributed by atoms with Crippen LogP contribution in [-0.2, 0) is 0 Å². The molecule has 2 fully saturated rings. The predicted molar refractivity (Wildman–Crippen MR) is 57.7 cm³/mol. The average Bonchev–Trinajstić information content (AvgIpc) is 2.01. The molecule has 0 radical (unpaired) electrons. The fourth-order valence-electron chi connectivity index (χ4n) is 3.90. The van der Waals surface area contributed by atoms with E-state index in [2.05, 4.69) is 20.8 Å². The summed E-state index contributed by atoms with van der Waals surface area (Å²) in [5, 5.41) is 0. The lowest BCUT2D eigenvalue weighted by Crippen LogP contribution is -2.48. The molecule has 13 heavy (non-hydrogen) atoms. The lowest BCUT2D eigenvalue weighted by molar-refractivity contribution is -0.0725. The zero-order valence-electron chi connectivity index (χ0n) is 9.53. The Morgan fingerprint density at radius 2 is 1.54 bits per heavy atom. The maximum absolute atomic E-state index is 2.44. The van der Waals surface area contributed by atoms with Crippen LogP contribution in [0, 0.1) is 16.7 Å². The fourth-order valence-corrected chi connectivity index (χ4v) is 3.90. The second-order valence-corrected chi connectivity index (χ2v) is 6.38. The van der Waals surface area contributed by atoms with Gasteiger partial charge in [-0.25, -0.2) is 0 Å². The highest BCUT2D eigenvalue weighted by Gasteiger charge is 2.51. The van der Waals surface area contributed by atoms with Crippen molar-refractivity contribution in [2.24, 2.45) is 16.7 Å². The Balaban J connectivity index is 2.07. The van der Waals surface area contributed by atoms with E-state index in [4.69, 9.17) is 0 Å². The first-order valence-corrected chi connectivity index (χ1v) is 6.05. The largest absolute Gasteiger partial charge is 0.0599 e. The Morgan fingerprint density at radius 1 is 0.923 bits per heavy atom. The van der Waals surface area contributed by atoms with Crippen molar-refractivity contribution in [3.63, 3.8) is 0 Å². The molecule has 0 aromatic carbocycles. The first kappa shape index (κ1) is 9.55. The Hall–Kier alpha value is 0. The van der Waals surface area contributed by atoms with E-state index in [-0.39, 0.29) is 0 Å². The van der Waals surface area contributed by atoms with Crippen molar-refractivity contribution in [2.45, 2.75) is 65.7 Å². The maximum Gasteiger partial charge on any atom is -0.0264 e. The van der Waals surface area contributed by atoms with Gasteiger partial charge in [0.25, 0.3) is 0 Å². The molecule has 0 aromatic heterocycles. The van der Waals surface area contributed by atoms with E-state index in [9.17, 15) is 0 Å². The minimum absolute atomic E-state index is 0.565. The van der Waals surface area contributed by atoms with Gasteiger partial charge in [0.05, 0.1) is 0 Å². The summed E-state index contributed by atoms with van der Waals surface area (Å²) in [5.41, 5.74) is 1.37. The fraction of sp³-hybridized carbons (Fsp3) is 1.00. The topological polar surface area (TPSA) is 0 Å². The van der Waals surface area contributed by atoms with E-state index >= 15 is 0 Å². The molecule has 2 aliphatic carbocycles. The van der Waals surface area contributed by atoms with Crippen LogP contribution < -0.4 is 0 Å². The smallest absolute Gasteiger partial charge is 0.0264 e. The van der Waals surface area contributed by atoms with E-state index in [1.807, 2.05) is 0 Å². The monoisotopic (exact) mass is 180 g/mol. The summed E-state index contributed by atoms with van der Waals surface area (Å²) in [4.78, 5) is 0. The molecule has 1 atom stereocenters. The summed E-state index contributed by atoms with van der Waals surface area (Å²) < 4.78 is 0. The van der Waals surface area contributed by atoms with Crippen LogP contribution in [0.1, 0.15) is 65.7 Å². The summed E-state index contributed by atoms with van der Waals surface area (Å²) in [6, 6.07) is 0. The zero-order valence-corrected chi connectivity index (χ0v) is 9.53. The molecule has 2 aliphatic rings. The van der Waals surface area contributed by atoms with Crippen LogP contribution in [-0.4, -0.2) is 0 Å². The maximum atomic E-state index is 2.44. The number of hydrogen-bond acceptors (Lipinski definition) is 0. The van der Waals surface area contributed by atoms with Gasteiger partial charge in [-0.1, -0.05) is 40.0 Å². The van der Waals surface area contributed by atoms with Gasteiger partial charge in [0.1, 0.15) is 0 Å². The molecule has 0 heterocycles. The minimum Gasteiger partial charge on any atom is -0.0599 e. The molecule has 1 unspecified atom stereocenters. The molecule has 2 rings (SSSR count). The third-order valence-electron chi connectivity index (χ3n) is 4.56. The van der Waals surface area contributed by atoms with Crippen LogP contribution in [0.4, 0.5) is 0 Å². The van der Waals surface area contributed by atoms with Gasteiger partial charge in [0.2, 0.25) is 0 Å². The summed E-state index contributed by atoms with van der Waals surface area (Å²) in [7, 11) is 0. The van der Waals surface area contributed by atoms with Crippen molar-refractivity contribution in [3.8, 4) is 0 Å². The first-order chi connectivity index (χ1) is 6.05. The Kier molecular flexibility index (Phi) is 2.20. The number of rotatable bonds is 0. The lowest BCUT2D eigenvalue weighted by atomic mass is 9.48. The van der Waals surface area contributed by atoms with Crippen molar-refractivity contribution in [1.82, 2.24) is 0 Å². The highest BCUT2D eigenvalue weighted by Crippen LogP contribution is 2.61. The molecule has 0 N–H and O–H groups in total. The van der Waals surface area contributed by atoms with E-state index < -0.39 is 0 Å². The Labute approximate surface area is 83.1 Å². The molecule has 1 spiro atoms. The summed E-state index contributed by atoms with van der Waals surface area (Å²) >= 11 is 0. The molecule has 0 aliphatic heterocycles. The van der Waals surface area contributed by atoms with Crippen LogP contribution in [0.3, 0.4) is 0 Å². The highest BCUT2D eigenvalue weighted by atomic mass is 14.6. The van der Waals surface area contributed by atoms with E-state index in [1.165, 1.54) is 44.9 Å². The first-order valence-electron chi connectivity index (χ1n) is 6.05. The SMILES string of the molecule is CC(C)(C)C1CCC12CCCCC2. The molecular formula is C13H24. The lowest BCUT2D eigenvalue weighted by Gasteiger charge is -2.57. The molecule has 0 nitrogen and oxygen atoms in total. The van der Waals surface area contributed by atoms with Crippen molar-refractivity contribution in [1.29, 1.82) is 0 Å². The van der Waals surface area contributed by atoms with Gasteiger partial charge in [0, 0.05) is 0 Å². The molecule has 0 heteroatoms. The van der Waals surface area contributed by atoms with E-state index in [0.717, 1.165) is 11.3 Å². The predicted octanol–water partition coefficient (Wildman–Crippen LogP) is 4.39. The van der Waals surface area contributed by atoms with Gasteiger partial charge in [-0.15, -0.1) is 0 Å². The highest BCUT2D eigenvalue weighted by molar-refractivity contribution is 5.01. The van der Waals surface area contributed by atoms with Crippen LogP contribution in [0.15, 0.2) is 0 Å². The van der Waals surface area contributed by atoms with Crippen molar-refractivity contribution in [2.75, 3.05) is 0 Å². The summed E-state index contributed by atoms with van der Waals surface area (Å²) in [5.74, 6) is 1.03. The van der Waals surface area contributed by atoms with E-state index in [0.29, 0.717) is 5.41 Å². The standard InChI is InChI=1S/C13H24/c1-12(2,3)11-7-10-13(11)8-5-4-6-9-13/h11H,4-10H2,1-3H3. The molecule has 0 aromatic rings. The van der Waals surface area contributed by atoms with Gasteiger partial charge >= 0.3 is 0 Å². The van der Waals surface area contributed by atoms with Gasteiger partial charge < -0.3 is 0 Å². The second-order valence-electron chi connectivity index (χ2n) is 6.38. The number of hydrogen-bond donors (Lipinski definition) is 0. The minimum atomic E-state index is 0.565. The molecule has 2 saturated carbocycles. The zero-order chi connectivity index (χ0) is 9.53. The second kappa shape index (κ2) is 3.00. The summed E-state index contributed by atoms with van der Waals surface area (Å²) in [6.45, 7) is 7.31. The van der Waals surface area contributed by atoms with Crippen LogP contribution in [0.25, 0.3) is 0 Å². The van der Waals surface area contributed by atoms with Crippen LogP contribution in [0.2, 0.25) is 0 Å². The molecule has 0 saturated heterocycles. The Bertz CT molecular complexity index is 179. The van der Waals surface area contributed by atoms with Gasteiger partial charge in [-0.2, -0.15) is 0 Å². The molecule has 0 bridgehead atoms. The van der Waals surface area contributed by atoms with Crippen molar-refractivity contribution in [3.05, 3.63) is 0 Å². The normalized spacial score (nSPS) is 33.0. The third-order valence-corrected chi connectivity index (χ3v) is 4.56. The van der Waals surface area contributed by atoms with Gasteiger partial charge in [0.15, 0.2) is 0 Å². The third kappa shape index (κ3) is 1.53. The Morgan fingerprint density at radius 3 is 1.92 bits per heavy atom. The van der Waals surface area contributed by atoms with Crippen molar-refractivity contribution >= 4 is 0 Å². The molecule has 0 amide bonds. The summed E-state index contributed by atoms with van der Waals surface area (Å²) in [6.07, 6.45) is 10.6. The average molecular weight is 180 g/mol. The molecule has 76 valence electrons. The van der Waals surface area contributed by atoms with Crippen LogP contribution in [0.5, 0.6) is 0 Å². The quantitative estimate of drug-likeness (QED) is 0.518. The molecular weight excluding hydrogens is 156 g/mol. The van der Waals surface area contributed by atoms with Gasteiger partial charge in [-0.3, -0.25) is 0 Å². The van der Waals surface area contributed by atoms with Crippen LogP contribution >= 0.6 is 0 Å². The van der Waals surface area contributed by atoms with Crippen molar-refractivity contribution < 1.29 is 0 Å². The van der Waals surface area contributed by atoms with E-state index in [1.54, 1.807) is 0 Å².